The molecule has 0 aliphatic carbocycles. The molecule has 134 valence electrons. The molecule has 0 amide bonds. The van der Waals surface area contributed by atoms with Crippen molar-refractivity contribution in [2.75, 3.05) is 11.4 Å². The molecule has 0 radical (unpaired) electrons. The van der Waals surface area contributed by atoms with Crippen LogP contribution in [0.25, 0.3) is 16.7 Å². The minimum absolute atomic E-state index is 0.483. The minimum atomic E-state index is 0.483. The van der Waals surface area contributed by atoms with Gasteiger partial charge in [-0.1, -0.05) is 41.4 Å². The summed E-state index contributed by atoms with van der Waals surface area (Å²) in [6.07, 6.45) is 5.57. The summed E-state index contributed by atoms with van der Waals surface area (Å²) < 4.78 is 1.76. The van der Waals surface area contributed by atoms with Crippen LogP contribution >= 0.6 is 23.2 Å². The lowest BCUT2D eigenvalue weighted by Crippen LogP contribution is -2.25. The van der Waals surface area contributed by atoms with Crippen molar-refractivity contribution in [2.45, 2.75) is 12.8 Å². The van der Waals surface area contributed by atoms with Crippen molar-refractivity contribution < 1.29 is 0 Å². The van der Waals surface area contributed by atoms with Crippen molar-refractivity contribution >= 4 is 45.7 Å². The molecule has 0 atom stereocenters. The standard InChI is InChI=1S/C20H15Cl2N5/c21-16-8-7-14(10-17(16)22)27-20-15(11-25-27)19(23-12-24-20)26-9-3-5-13-4-1-2-6-18(13)26/h1-2,4,6-8,10-12H,3,5,9H2. The van der Waals surface area contributed by atoms with Crippen LogP contribution in [0.1, 0.15) is 12.0 Å². The number of nitrogens with zero attached hydrogens (tertiary/aromatic N) is 5. The molecule has 5 nitrogen and oxygen atoms in total. The highest BCUT2D eigenvalue weighted by molar-refractivity contribution is 6.42. The fraction of sp³-hybridized carbons (Fsp3) is 0.150. The number of anilines is 2. The van der Waals surface area contributed by atoms with E-state index in [9.17, 15) is 0 Å². The van der Waals surface area contributed by atoms with Gasteiger partial charge in [-0.2, -0.15) is 5.10 Å². The number of fused-ring (bicyclic) bond motifs is 2. The predicted octanol–water partition coefficient (Wildman–Crippen LogP) is 5.21. The van der Waals surface area contributed by atoms with E-state index in [2.05, 4.69) is 44.2 Å². The second-order valence-electron chi connectivity index (χ2n) is 6.47. The zero-order valence-electron chi connectivity index (χ0n) is 14.3. The van der Waals surface area contributed by atoms with E-state index in [1.54, 1.807) is 23.1 Å². The lowest BCUT2D eigenvalue weighted by molar-refractivity contribution is 0.761. The van der Waals surface area contributed by atoms with E-state index in [1.165, 1.54) is 11.3 Å². The van der Waals surface area contributed by atoms with Crippen molar-refractivity contribution in [1.82, 2.24) is 19.7 Å². The molecule has 0 N–H and O–H groups in total. The zero-order chi connectivity index (χ0) is 18.4. The van der Waals surface area contributed by atoms with E-state index in [1.807, 2.05) is 12.3 Å². The molecule has 0 unspecified atom stereocenters. The molecule has 1 aliphatic heterocycles. The first kappa shape index (κ1) is 16.5. The largest absolute Gasteiger partial charge is 0.325 e. The molecule has 27 heavy (non-hydrogen) atoms. The normalized spacial score (nSPS) is 13.8. The van der Waals surface area contributed by atoms with Crippen molar-refractivity contribution in [3.8, 4) is 5.69 Å². The molecule has 0 bridgehead atoms. The quantitative estimate of drug-likeness (QED) is 0.467. The highest BCUT2D eigenvalue weighted by Gasteiger charge is 2.22. The first-order valence-corrected chi connectivity index (χ1v) is 9.47. The van der Waals surface area contributed by atoms with Crippen LogP contribution in [0.2, 0.25) is 10.0 Å². The summed E-state index contributed by atoms with van der Waals surface area (Å²) in [5.74, 6) is 0.874. The number of para-hydroxylation sites is 1. The first-order valence-electron chi connectivity index (χ1n) is 8.72. The topological polar surface area (TPSA) is 46.8 Å². The molecule has 2 aromatic heterocycles. The van der Waals surface area contributed by atoms with E-state index in [4.69, 9.17) is 23.2 Å². The monoisotopic (exact) mass is 395 g/mol. The second kappa shape index (κ2) is 6.51. The maximum Gasteiger partial charge on any atom is 0.168 e. The summed E-state index contributed by atoms with van der Waals surface area (Å²) in [5.41, 5.74) is 4.09. The second-order valence-corrected chi connectivity index (χ2v) is 7.29. The van der Waals surface area contributed by atoms with Gasteiger partial charge in [0.05, 0.1) is 27.3 Å². The van der Waals surface area contributed by atoms with Gasteiger partial charge in [0.15, 0.2) is 5.65 Å². The molecule has 5 rings (SSSR count). The lowest BCUT2D eigenvalue weighted by Gasteiger charge is -2.30. The Morgan fingerprint density at radius 1 is 0.963 bits per heavy atom. The van der Waals surface area contributed by atoms with Crippen LogP contribution in [-0.2, 0) is 6.42 Å². The first-order chi connectivity index (χ1) is 13.2. The van der Waals surface area contributed by atoms with Gasteiger partial charge in [-0.05, 0) is 42.7 Å². The van der Waals surface area contributed by atoms with Crippen molar-refractivity contribution in [3.63, 3.8) is 0 Å². The summed E-state index contributed by atoms with van der Waals surface area (Å²) >= 11 is 12.2. The van der Waals surface area contributed by atoms with Crippen molar-refractivity contribution in [3.05, 3.63) is 70.6 Å². The summed E-state index contributed by atoms with van der Waals surface area (Å²) in [5, 5.41) is 6.43. The van der Waals surface area contributed by atoms with Gasteiger partial charge in [0.1, 0.15) is 12.1 Å². The Morgan fingerprint density at radius 2 is 1.85 bits per heavy atom. The molecule has 0 fully saturated rings. The number of halogens is 2. The SMILES string of the molecule is Clc1ccc(-n2ncc3c(N4CCCc5ccccc54)ncnc32)cc1Cl. The van der Waals surface area contributed by atoms with E-state index < -0.39 is 0 Å². The van der Waals surface area contributed by atoms with Gasteiger partial charge in [-0.3, -0.25) is 0 Å². The van der Waals surface area contributed by atoms with Gasteiger partial charge < -0.3 is 4.90 Å². The van der Waals surface area contributed by atoms with Gasteiger partial charge in [-0.15, -0.1) is 0 Å². The van der Waals surface area contributed by atoms with Crippen LogP contribution in [-0.4, -0.2) is 26.3 Å². The van der Waals surface area contributed by atoms with Crippen molar-refractivity contribution in [1.29, 1.82) is 0 Å². The number of benzene rings is 2. The van der Waals surface area contributed by atoms with Gasteiger partial charge >= 0.3 is 0 Å². The molecule has 7 heteroatoms. The fourth-order valence-corrected chi connectivity index (χ4v) is 3.90. The number of aromatic nitrogens is 4. The molecule has 0 saturated carbocycles. The van der Waals surface area contributed by atoms with Gasteiger partial charge in [0.25, 0.3) is 0 Å². The lowest BCUT2D eigenvalue weighted by atomic mass is 10.0. The molecular formula is C20H15Cl2N5. The fourth-order valence-electron chi connectivity index (χ4n) is 3.61. The molecule has 4 aromatic rings. The highest BCUT2D eigenvalue weighted by atomic mass is 35.5. The smallest absolute Gasteiger partial charge is 0.168 e. The summed E-state index contributed by atoms with van der Waals surface area (Å²) in [6, 6.07) is 13.9. The minimum Gasteiger partial charge on any atom is -0.325 e. The zero-order valence-corrected chi connectivity index (χ0v) is 15.8. The summed E-state index contributed by atoms with van der Waals surface area (Å²) in [6.45, 7) is 0.918. The third-order valence-corrected chi connectivity index (χ3v) is 5.60. The maximum absolute atomic E-state index is 6.18. The van der Waals surface area contributed by atoms with Gasteiger partial charge in [0, 0.05) is 12.2 Å². The summed E-state index contributed by atoms with van der Waals surface area (Å²) in [4.78, 5) is 11.3. The molecule has 0 saturated heterocycles. The van der Waals surface area contributed by atoms with E-state index >= 15 is 0 Å². The molecule has 3 heterocycles. The van der Waals surface area contributed by atoms with E-state index in [-0.39, 0.29) is 0 Å². The number of aryl methyl sites for hydroxylation is 1. The Kier molecular flexibility index (Phi) is 3.99. The van der Waals surface area contributed by atoms with Crippen LogP contribution < -0.4 is 4.90 Å². The van der Waals surface area contributed by atoms with Crippen LogP contribution in [0.4, 0.5) is 11.5 Å². The maximum atomic E-state index is 6.18. The van der Waals surface area contributed by atoms with Crippen LogP contribution in [0.15, 0.2) is 55.0 Å². The van der Waals surface area contributed by atoms with Crippen LogP contribution in [0.5, 0.6) is 0 Å². The van der Waals surface area contributed by atoms with Crippen LogP contribution in [0, 0.1) is 0 Å². The van der Waals surface area contributed by atoms with E-state index in [0.717, 1.165) is 41.9 Å². The molecular weight excluding hydrogens is 381 g/mol. The number of rotatable bonds is 2. The third kappa shape index (κ3) is 2.74. The van der Waals surface area contributed by atoms with Crippen molar-refractivity contribution in [2.24, 2.45) is 0 Å². The number of hydrogen-bond acceptors (Lipinski definition) is 4. The Hall–Kier alpha value is -2.63. The average Bonchev–Trinajstić information content (AvgIpc) is 3.14. The Balaban J connectivity index is 1.66. The molecule has 0 spiro atoms. The Labute approximate surface area is 166 Å². The van der Waals surface area contributed by atoms with Gasteiger partial charge in [0.2, 0.25) is 0 Å². The number of hydrogen-bond donors (Lipinski definition) is 0. The third-order valence-electron chi connectivity index (χ3n) is 4.86. The predicted molar refractivity (Wildman–Crippen MR) is 108 cm³/mol. The van der Waals surface area contributed by atoms with Gasteiger partial charge in [-0.25, -0.2) is 14.6 Å². The molecule has 2 aromatic carbocycles. The van der Waals surface area contributed by atoms with Crippen LogP contribution in [0.3, 0.4) is 0 Å². The Morgan fingerprint density at radius 3 is 2.74 bits per heavy atom. The highest BCUT2D eigenvalue weighted by Crippen LogP contribution is 2.35. The Bertz CT molecular complexity index is 1150. The summed E-state index contributed by atoms with van der Waals surface area (Å²) in [7, 11) is 0. The van der Waals surface area contributed by atoms with E-state index in [0.29, 0.717) is 10.0 Å². The molecule has 1 aliphatic rings. The average molecular weight is 396 g/mol.